The zero-order valence-corrected chi connectivity index (χ0v) is 16.5. The minimum atomic E-state index is -0.390. The first-order valence-electron chi connectivity index (χ1n) is 8.98. The molecule has 0 aliphatic carbocycles. The Bertz CT molecular complexity index is 656. The molecule has 2 aliphatic heterocycles. The molecule has 0 bridgehead atoms. The number of thioether (sulfide) groups is 1. The normalized spacial score (nSPS) is 22.4. The molecule has 6 nitrogen and oxygen atoms in total. The maximum atomic E-state index is 12.8. The first kappa shape index (κ1) is 19.0. The van der Waals surface area contributed by atoms with E-state index in [2.05, 4.69) is 17.3 Å². The summed E-state index contributed by atoms with van der Waals surface area (Å²) in [5.74, 6) is 1.38. The molecule has 1 atom stereocenters. The molecule has 1 aromatic rings. The summed E-state index contributed by atoms with van der Waals surface area (Å²) in [4.78, 5) is 29.1. The largest absolute Gasteiger partial charge is 0.497 e. The van der Waals surface area contributed by atoms with Crippen molar-refractivity contribution in [2.24, 2.45) is 0 Å². The number of nitrogens with one attached hydrogen (secondary N) is 1. The quantitative estimate of drug-likeness (QED) is 0.865. The van der Waals surface area contributed by atoms with Crippen molar-refractivity contribution in [3.8, 4) is 5.75 Å². The predicted molar refractivity (Wildman–Crippen MR) is 103 cm³/mol. The summed E-state index contributed by atoms with van der Waals surface area (Å²) in [7, 11) is 3.73. The van der Waals surface area contributed by atoms with E-state index in [1.165, 1.54) is 0 Å². The van der Waals surface area contributed by atoms with Crippen molar-refractivity contribution in [2.75, 3.05) is 33.0 Å². The fraction of sp³-hybridized carbons (Fsp3) is 0.579. The van der Waals surface area contributed by atoms with Crippen LogP contribution in [0, 0.1) is 0 Å². The van der Waals surface area contributed by atoms with Gasteiger partial charge >= 0.3 is 0 Å². The van der Waals surface area contributed by atoms with Crippen molar-refractivity contribution in [1.29, 1.82) is 0 Å². The summed E-state index contributed by atoms with van der Waals surface area (Å²) >= 11 is 1.77. The second kappa shape index (κ2) is 7.88. The number of amides is 2. The molecule has 2 heterocycles. The molecule has 0 radical (unpaired) electrons. The molecule has 2 saturated heterocycles. The lowest BCUT2D eigenvalue weighted by atomic mass is 10.0. The Morgan fingerprint density at radius 1 is 1.27 bits per heavy atom. The number of methoxy groups -OCH3 is 1. The fourth-order valence-corrected chi connectivity index (χ4v) is 5.40. The zero-order valence-electron chi connectivity index (χ0n) is 15.7. The molecule has 2 amide bonds. The van der Waals surface area contributed by atoms with E-state index in [4.69, 9.17) is 4.74 Å². The van der Waals surface area contributed by atoms with Crippen LogP contribution in [0.4, 0.5) is 0 Å². The number of ether oxygens (including phenoxy) is 1. The molecule has 0 saturated carbocycles. The lowest BCUT2D eigenvalue weighted by Crippen LogP contribution is -2.57. The Morgan fingerprint density at radius 3 is 2.50 bits per heavy atom. The molecule has 142 valence electrons. The fourth-order valence-electron chi connectivity index (χ4n) is 3.77. The second-order valence-electron chi connectivity index (χ2n) is 7.03. The SMILES string of the molecule is COc1ccc(CNC(=O)[C@@H]2CSC3(CCN(C)CC3)N2C(C)=O)cc1. The molecule has 1 aromatic carbocycles. The van der Waals surface area contributed by atoms with E-state index in [0.717, 1.165) is 37.2 Å². The highest BCUT2D eigenvalue weighted by Crippen LogP contribution is 2.46. The third kappa shape index (κ3) is 3.83. The van der Waals surface area contributed by atoms with Crippen molar-refractivity contribution in [3.63, 3.8) is 0 Å². The van der Waals surface area contributed by atoms with Crippen LogP contribution in [0.3, 0.4) is 0 Å². The van der Waals surface area contributed by atoms with Crippen LogP contribution in [-0.2, 0) is 16.1 Å². The standard InChI is InChI=1S/C19H27N3O3S/c1-14(23)22-17(13-26-19(22)8-10-21(2)11-9-19)18(24)20-12-15-4-6-16(25-3)7-5-15/h4-7,17H,8-13H2,1-3H3,(H,20,24)/t17-/m0/s1. The van der Waals surface area contributed by atoms with E-state index in [9.17, 15) is 9.59 Å². The molecule has 7 heteroatoms. The average molecular weight is 378 g/mol. The second-order valence-corrected chi connectivity index (χ2v) is 8.41. The van der Waals surface area contributed by atoms with Gasteiger partial charge in [0, 0.05) is 32.3 Å². The van der Waals surface area contributed by atoms with Crippen molar-refractivity contribution >= 4 is 23.6 Å². The third-order valence-corrected chi connectivity index (χ3v) is 6.92. The van der Waals surface area contributed by atoms with Crippen molar-refractivity contribution in [1.82, 2.24) is 15.1 Å². The van der Waals surface area contributed by atoms with Gasteiger partial charge in [-0.3, -0.25) is 9.59 Å². The summed E-state index contributed by atoms with van der Waals surface area (Å²) < 4.78 is 5.15. The third-order valence-electron chi connectivity index (χ3n) is 5.30. The van der Waals surface area contributed by atoms with Gasteiger partial charge in [-0.1, -0.05) is 12.1 Å². The van der Waals surface area contributed by atoms with Crippen LogP contribution >= 0.6 is 11.8 Å². The number of benzene rings is 1. The summed E-state index contributed by atoms with van der Waals surface area (Å²) in [5.41, 5.74) is 1.01. The number of carbonyl (C=O) groups is 2. The highest BCUT2D eigenvalue weighted by molar-refractivity contribution is 8.01. The maximum absolute atomic E-state index is 12.8. The average Bonchev–Trinajstić information content (AvgIpc) is 3.02. The van der Waals surface area contributed by atoms with Gasteiger partial charge in [-0.15, -0.1) is 11.8 Å². The number of piperidine rings is 1. The zero-order chi connectivity index (χ0) is 18.7. The lowest BCUT2D eigenvalue weighted by Gasteiger charge is -2.44. The molecular formula is C19H27N3O3S. The first-order valence-corrected chi connectivity index (χ1v) is 9.97. The number of carbonyl (C=O) groups excluding carboxylic acids is 2. The van der Waals surface area contributed by atoms with Crippen LogP contribution < -0.4 is 10.1 Å². The van der Waals surface area contributed by atoms with Crippen LogP contribution in [0.2, 0.25) is 0 Å². The van der Waals surface area contributed by atoms with E-state index in [-0.39, 0.29) is 22.7 Å². The Hall–Kier alpha value is -1.73. The number of rotatable bonds is 4. The number of hydrogen-bond donors (Lipinski definition) is 1. The van der Waals surface area contributed by atoms with Gasteiger partial charge < -0.3 is 19.9 Å². The summed E-state index contributed by atoms with van der Waals surface area (Å²) in [5, 5.41) is 3.00. The Morgan fingerprint density at radius 2 is 1.92 bits per heavy atom. The van der Waals surface area contributed by atoms with Gasteiger partial charge in [0.05, 0.1) is 12.0 Å². The van der Waals surface area contributed by atoms with Gasteiger partial charge in [0.1, 0.15) is 11.8 Å². The van der Waals surface area contributed by atoms with Crippen molar-refractivity contribution in [2.45, 2.75) is 37.2 Å². The molecule has 0 unspecified atom stereocenters. The minimum absolute atomic E-state index is 0.0100. The molecule has 1 spiro atoms. The molecule has 1 N–H and O–H groups in total. The molecule has 0 aromatic heterocycles. The van der Waals surface area contributed by atoms with E-state index in [1.807, 2.05) is 29.2 Å². The van der Waals surface area contributed by atoms with E-state index < -0.39 is 0 Å². The Labute approximate surface area is 159 Å². The lowest BCUT2D eigenvalue weighted by molar-refractivity contribution is -0.142. The molecule has 2 aliphatic rings. The Kier molecular flexibility index (Phi) is 5.77. The van der Waals surface area contributed by atoms with Crippen LogP contribution in [0.15, 0.2) is 24.3 Å². The highest BCUT2D eigenvalue weighted by atomic mass is 32.2. The van der Waals surface area contributed by atoms with Gasteiger partial charge in [0.25, 0.3) is 0 Å². The number of hydrogen-bond acceptors (Lipinski definition) is 5. The summed E-state index contributed by atoms with van der Waals surface area (Å²) in [6.45, 7) is 3.94. The van der Waals surface area contributed by atoms with Crippen LogP contribution in [0.25, 0.3) is 0 Å². The van der Waals surface area contributed by atoms with Gasteiger partial charge in [0.15, 0.2) is 0 Å². The molecule has 2 fully saturated rings. The van der Waals surface area contributed by atoms with Gasteiger partial charge in [-0.2, -0.15) is 0 Å². The van der Waals surface area contributed by atoms with Crippen LogP contribution in [0.5, 0.6) is 5.75 Å². The van der Waals surface area contributed by atoms with Gasteiger partial charge in [-0.25, -0.2) is 0 Å². The molecule has 3 rings (SSSR count). The van der Waals surface area contributed by atoms with Crippen LogP contribution in [0.1, 0.15) is 25.3 Å². The maximum Gasteiger partial charge on any atom is 0.243 e. The minimum Gasteiger partial charge on any atom is -0.497 e. The van der Waals surface area contributed by atoms with Crippen LogP contribution in [-0.4, -0.2) is 65.5 Å². The van der Waals surface area contributed by atoms with Crippen molar-refractivity contribution in [3.05, 3.63) is 29.8 Å². The molecule has 26 heavy (non-hydrogen) atoms. The summed E-state index contributed by atoms with van der Waals surface area (Å²) in [6.07, 6.45) is 1.83. The molecular weight excluding hydrogens is 350 g/mol. The van der Waals surface area contributed by atoms with Gasteiger partial charge in [-0.05, 0) is 37.6 Å². The van der Waals surface area contributed by atoms with Crippen molar-refractivity contribution < 1.29 is 14.3 Å². The first-order chi connectivity index (χ1) is 12.4. The van der Waals surface area contributed by atoms with Gasteiger partial charge in [0.2, 0.25) is 11.8 Å². The monoisotopic (exact) mass is 377 g/mol. The van der Waals surface area contributed by atoms with E-state index in [0.29, 0.717) is 12.3 Å². The topological polar surface area (TPSA) is 61.9 Å². The Balaban J connectivity index is 1.65. The van der Waals surface area contributed by atoms with E-state index >= 15 is 0 Å². The number of nitrogens with zero attached hydrogens (tertiary/aromatic N) is 2. The predicted octanol–water partition coefficient (Wildman–Crippen LogP) is 1.70. The number of likely N-dealkylation sites (tertiary alicyclic amines) is 1. The smallest absolute Gasteiger partial charge is 0.243 e. The summed E-state index contributed by atoms with van der Waals surface area (Å²) in [6, 6.07) is 7.23. The highest BCUT2D eigenvalue weighted by Gasteiger charge is 2.51. The van der Waals surface area contributed by atoms with E-state index in [1.54, 1.807) is 25.8 Å².